The first-order valence-electron chi connectivity index (χ1n) is 9.30. The lowest BCUT2D eigenvalue weighted by Crippen LogP contribution is -2.36. The summed E-state index contributed by atoms with van der Waals surface area (Å²) < 4.78 is 7.32. The number of ether oxygens (including phenoxy) is 1. The molecule has 1 aromatic carbocycles. The Morgan fingerprint density at radius 3 is 2.85 bits per heavy atom. The second-order valence-corrected chi connectivity index (χ2v) is 6.89. The third-order valence-electron chi connectivity index (χ3n) is 4.82. The van der Waals surface area contributed by atoms with Gasteiger partial charge in [0, 0.05) is 31.2 Å². The second kappa shape index (κ2) is 7.80. The smallest absolute Gasteiger partial charge is 0.240 e. The molecule has 0 atom stereocenters. The van der Waals surface area contributed by atoms with Crippen LogP contribution in [0.2, 0.25) is 0 Å². The molecule has 1 fully saturated rings. The van der Waals surface area contributed by atoms with Crippen LogP contribution in [-0.4, -0.2) is 41.8 Å². The molecule has 0 bridgehead atoms. The van der Waals surface area contributed by atoms with Crippen LogP contribution in [0.1, 0.15) is 11.1 Å². The zero-order valence-corrected chi connectivity index (χ0v) is 15.5. The number of benzene rings is 1. The van der Waals surface area contributed by atoms with E-state index in [-0.39, 0.29) is 12.5 Å². The minimum Gasteiger partial charge on any atom is -0.378 e. The molecule has 1 aliphatic rings. The maximum absolute atomic E-state index is 12.4. The third-order valence-corrected chi connectivity index (χ3v) is 4.82. The molecule has 140 valence electrons. The van der Waals surface area contributed by atoms with Crippen molar-refractivity contribution in [3.8, 4) is 0 Å². The van der Waals surface area contributed by atoms with Gasteiger partial charge in [0.15, 0.2) is 0 Å². The lowest BCUT2D eigenvalue weighted by atomic mass is 10.1. The van der Waals surface area contributed by atoms with Gasteiger partial charge in [-0.3, -0.25) is 4.79 Å². The first-order chi connectivity index (χ1) is 13.2. The number of rotatable bonds is 5. The Morgan fingerprint density at radius 2 is 2.04 bits per heavy atom. The van der Waals surface area contributed by atoms with Gasteiger partial charge in [-0.25, -0.2) is 4.98 Å². The van der Waals surface area contributed by atoms with Gasteiger partial charge < -0.3 is 19.5 Å². The van der Waals surface area contributed by atoms with Crippen LogP contribution in [0.5, 0.6) is 0 Å². The summed E-state index contributed by atoms with van der Waals surface area (Å²) in [5, 5.41) is 4.03. The predicted octanol–water partition coefficient (Wildman–Crippen LogP) is 2.50. The first kappa shape index (κ1) is 17.5. The van der Waals surface area contributed by atoms with Gasteiger partial charge in [-0.1, -0.05) is 29.8 Å². The summed E-state index contributed by atoms with van der Waals surface area (Å²) >= 11 is 0. The van der Waals surface area contributed by atoms with Crippen LogP contribution in [0.4, 0.5) is 5.82 Å². The molecule has 27 heavy (non-hydrogen) atoms. The van der Waals surface area contributed by atoms with E-state index in [0.717, 1.165) is 48.7 Å². The number of nitrogens with one attached hydrogen (secondary N) is 1. The van der Waals surface area contributed by atoms with Crippen LogP contribution in [0.3, 0.4) is 0 Å². The second-order valence-electron chi connectivity index (χ2n) is 6.89. The van der Waals surface area contributed by atoms with Crippen LogP contribution in [-0.2, 0) is 22.6 Å². The molecule has 1 aliphatic heterocycles. The Labute approximate surface area is 158 Å². The van der Waals surface area contributed by atoms with Crippen molar-refractivity contribution in [3.05, 3.63) is 59.8 Å². The fraction of sp³-hybridized carbons (Fsp3) is 0.333. The summed E-state index contributed by atoms with van der Waals surface area (Å²) in [6.07, 6.45) is 1.92. The minimum absolute atomic E-state index is 0.0208. The summed E-state index contributed by atoms with van der Waals surface area (Å²) in [4.78, 5) is 19.4. The molecule has 3 heterocycles. The molecule has 0 radical (unpaired) electrons. The van der Waals surface area contributed by atoms with Crippen LogP contribution in [0, 0.1) is 6.92 Å². The molecule has 0 spiro atoms. The fourth-order valence-electron chi connectivity index (χ4n) is 3.38. The van der Waals surface area contributed by atoms with Crippen molar-refractivity contribution in [1.82, 2.24) is 14.9 Å². The predicted molar refractivity (Wildman–Crippen MR) is 106 cm³/mol. The van der Waals surface area contributed by atoms with Crippen molar-refractivity contribution in [2.75, 3.05) is 31.2 Å². The lowest BCUT2D eigenvalue weighted by molar-refractivity contribution is -0.121. The van der Waals surface area contributed by atoms with Crippen LogP contribution in [0.15, 0.2) is 48.7 Å². The molecule has 0 aliphatic carbocycles. The highest BCUT2D eigenvalue weighted by Crippen LogP contribution is 2.20. The van der Waals surface area contributed by atoms with E-state index in [1.807, 2.05) is 35.0 Å². The highest BCUT2D eigenvalue weighted by atomic mass is 16.5. The van der Waals surface area contributed by atoms with E-state index >= 15 is 0 Å². The number of amides is 1. The molecule has 0 saturated carbocycles. The maximum atomic E-state index is 12.4. The fourth-order valence-corrected chi connectivity index (χ4v) is 3.38. The third kappa shape index (κ3) is 4.11. The zero-order valence-electron chi connectivity index (χ0n) is 15.5. The van der Waals surface area contributed by atoms with Gasteiger partial charge in [-0.05, 0) is 30.7 Å². The summed E-state index contributed by atoms with van der Waals surface area (Å²) in [5.41, 5.74) is 3.14. The number of aryl methyl sites for hydroxylation is 1. The molecule has 0 unspecified atom stereocenters. The number of hydrogen-bond donors (Lipinski definition) is 1. The molecule has 3 aromatic rings. The SMILES string of the molecule is Cc1cccc(CNC(=O)Cn2ccc3ccc(N4CCOCC4)nc32)c1. The Kier molecular flexibility index (Phi) is 5.07. The Hall–Kier alpha value is -2.86. The molecular weight excluding hydrogens is 340 g/mol. The van der Waals surface area contributed by atoms with Crippen LogP contribution in [0.25, 0.3) is 11.0 Å². The number of morpholine rings is 1. The van der Waals surface area contributed by atoms with Crippen LogP contribution < -0.4 is 10.2 Å². The van der Waals surface area contributed by atoms with Crippen molar-refractivity contribution < 1.29 is 9.53 Å². The highest BCUT2D eigenvalue weighted by molar-refractivity contribution is 5.82. The van der Waals surface area contributed by atoms with Crippen molar-refractivity contribution in [1.29, 1.82) is 0 Å². The van der Waals surface area contributed by atoms with E-state index in [0.29, 0.717) is 6.54 Å². The summed E-state index contributed by atoms with van der Waals surface area (Å²) in [7, 11) is 0. The van der Waals surface area contributed by atoms with Crippen molar-refractivity contribution >= 4 is 22.8 Å². The summed E-state index contributed by atoms with van der Waals surface area (Å²) in [5.74, 6) is 0.915. The average Bonchev–Trinajstić information content (AvgIpc) is 3.09. The average molecular weight is 364 g/mol. The molecule has 1 saturated heterocycles. The van der Waals surface area contributed by atoms with Crippen molar-refractivity contribution in [2.24, 2.45) is 0 Å². The van der Waals surface area contributed by atoms with Gasteiger partial charge in [-0.2, -0.15) is 0 Å². The lowest BCUT2D eigenvalue weighted by Gasteiger charge is -2.27. The topological polar surface area (TPSA) is 59.4 Å². The number of carbonyl (C=O) groups is 1. The molecule has 1 amide bonds. The number of fused-ring (bicyclic) bond motifs is 1. The van der Waals surface area contributed by atoms with Gasteiger partial charge in [0.25, 0.3) is 0 Å². The minimum atomic E-state index is -0.0208. The van der Waals surface area contributed by atoms with Gasteiger partial charge in [-0.15, -0.1) is 0 Å². The number of anilines is 1. The zero-order chi connectivity index (χ0) is 18.6. The van der Waals surface area contributed by atoms with E-state index in [4.69, 9.17) is 9.72 Å². The number of hydrogen-bond acceptors (Lipinski definition) is 4. The number of pyridine rings is 1. The van der Waals surface area contributed by atoms with E-state index in [1.165, 1.54) is 5.56 Å². The molecule has 6 nitrogen and oxygen atoms in total. The number of nitrogens with zero attached hydrogens (tertiary/aromatic N) is 3. The van der Waals surface area contributed by atoms with E-state index in [1.54, 1.807) is 0 Å². The largest absolute Gasteiger partial charge is 0.378 e. The molecule has 1 N–H and O–H groups in total. The highest BCUT2D eigenvalue weighted by Gasteiger charge is 2.14. The van der Waals surface area contributed by atoms with Gasteiger partial charge in [0.2, 0.25) is 5.91 Å². The summed E-state index contributed by atoms with van der Waals surface area (Å²) in [6, 6.07) is 14.3. The Bertz CT molecular complexity index is 944. The standard InChI is InChI=1S/C21H24N4O2/c1-16-3-2-4-17(13-16)14-22-20(26)15-25-8-7-18-5-6-19(23-21(18)25)24-9-11-27-12-10-24/h2-8,13H,9-12,14-15H2,1H3,(H,22,26). The van der Waals surface area contributed by atoms with Gasteiger partial charge >= 0.3 is 0 Å². The monoisotopic (exact) mass is 364 g/mol. The van der Waals surface area contributed by atoms with Gasteiger partial charge in [0.1, 0.15) is 18.0 Å². The van der Waals surface area contributed by atoms with Crippen molar-refractivity contribution in [3.63, 3.8) is 0 Å². The van der Waals surface area contributed by atoms with E-state index < -0.39 is 0 Å². The molecule has 4 rings (SSSR count). The quantitative estimate of drug-likeness (QED) is 0.756. The van der Waals surface area contributed by atoms with Crippen molar-refractivity contribution in [2.45, 2.75) is 20.0 Å². The molecular formula is C21H24N4O2. The maximum Gasteiger partial charge on any atom is 0.240 e. The van der Waals surface area contributed by atoms with E-state index in [9.17, 15) is 4.79 Å². The van der Waals surface area contributed by atoms with Crippen LogP contribution >= 0.6 is 0 Å². The Balaban J connectivity index is 1.45. The molecule has 6 heteroatoms. The molecule has 2 aromatic heterocycles. The normalized spacial score (nSPS) is 14.5. The Morgan fingerprint density at radius 1 is 1.19 bits per heavy atom. The first-order valence-corrected chi connectivity index (χ1v) is 9.30. The number of carbonyl (C=O) groups excluding carboxylic acids is 1. The van der Waals surface area contributed by atoms with E-state index in [2.05, 4.69) is 35.3 Å². The summed E-state index contributed by atoms with van der Waals surface area (Å²) in [6.45, 7) is 5.98. The van der Waals surface area contributed by atoms with Gasteiger partial charge in [0.05, 0.1) is 13.2 Å². The number of aromatic nitrogens is 2.